The van der Waals surface area contributed by atoms with Crippen molar-refractivity contribution in [2.24, 2.45) is 5.73 Å². The van der Waals surface area contributed by atoms with Gasteiger partial charge < -0.3 is 10.3 Å². The van der Waals surface area contributed by atoms with Gasteiger partial charge in [0.1, 0.15) is 11.3 Å². The molecule has 74 valence electrons. The standard InChI is InChI=1S/C11H14N2O/c1-7-4-3-5-9-10(6-8(2)12)14-13-11(7)9/h3-5,8H,6,12H2,1-2H3. The fraction of sp³-hybridized carbons (Fsp3) is 0.364. The van der Waals surface area contributed by atoms with Crippen LogP contribution in [0.5, 0.6) is 0 Å². The van der Waals surface area contributed by atoms with Crippen LogP contribution in [0.1, 0.15) is 18.2 Å². The van der Waals surface area contributed by atoms with Crippen molar-refractivity contribution in [2.75, 3.05) is 0 Å². The zero-order valence-corrected chi connectivity index (χ0v) is 8.45. The maximum absolute atomic E-state index is 5.72. The molecule has 0 radical (unpaired) electrons. The highest BCUT2D eigenvalue weighted by Gasteiger charge is 2.10. The van der Waals surface area contributed by atoms with Crippen molar-refractivity contribution in [3.8, 4) is 0 Å². The number of rotatable bonds is 2. The number of nitrogens with two attached hydrogens (primary N) is 1. The number of aromatic nitrogens is 1. The molecule has 1 unspecified atom stereocenters. The Morgan fingerprint density at radius 3 is 3.00 bits per heavy atom. The van der Waals surface area contributed by atoms with Crippen molar-refractivity contribution in [2.45, 2.75) is 26.3 Å². The molecule has 0 bridgehead atoms. The molecule has 1 atom stereocenters. The van der Waals surface area contributed by atoms with E-state index in [4.69, 9.17) is 10.3 Å². The number of nitrogens with zero attached hydrogens (tertiary/aromatic N) is 1. The first-order valence-corrected chi connectivity index (χ1v) is 4.78. The lowest BCUT2D eigenvalue weighted by atomic mass is 10.1. The van der Waals surface area contributed by atoms with Crippen molar-refractivity contribution in [1.29, 1.82) is 0 Å². The van der Waals surface area contributed by atoms with Crippen LogP contribution >= 0.6 is 0 Å². The van der Waals surface area contributed by atoms with Gasteiger partial charge in [-0.25, -0.2) is 0 Å². The van der Waals surface area contributed by atoms with E-state index in [2.05, 4.69) is 5.16 Å². The fourth-order valence-corrected chi connectivity index (χ4v) is 1.59. The predicted octanol–water partition coefficient (Wildman–Crippen LogP) is 2.03. The summed E-state index contributed by atoms with van der Waals surface area (Å²) in [6, 6.07) is 6.17. The molecule has 2 rings (SSSR count). The quantitative estimate of drug-likeness (QED) is 0.788. The maximum Gasteiger partial charge on any atom is 0.146 e. The van der Waals surface area contributed by atoms with Crippen LogP contribution in [0, 0.1) is 6.92 Å². The molecule has 1 aromatic carbocycles. The molecule has 0 amide bonds. The molecule has 1 aromatic heterocycles. The zero-order chi connectivity index (χ0) is 10.1. The first-order chi connectivity index (χ1) is 6.68. The molecule has 3 heteroatoms. The first kappa shape index (κ1) is 9.21. The van der Waals surface area contributed by atoms with Crippen molar-refractivity contribution < 1.29 is 4.52 Å². The van der Waals surface area contributed by atoms with Gasteiger partial charge >= 0.3 is 0 Å². The summed E-state index contributed by atoms with van der Waals surface area (Å²) in [5.41, 5.74) is 7.81. The summed E-state index contributed by atoms with van der Waals surface area (Å²) in [7, 11) is 0. The van der Waals surface area contributed by atoms with Gasteiger partial charge in [0, 0.05) is 17.8 Å². The summed E-state index contributed by atoms with van der Waals surface area (Å²) in [6.45, 7) is 3.99. The topological polar surface area (TPSA) is 52.0 Å². The lowest BCUT2D eigenvalue weighted by Crippen LogP contribution is -2.17. The monoisotopic (exact) mass is 190 g/mol. The summed E-state index contributed by atoms with van der Waals surface area (Å²) in [4.78, 5) is 0. The lowest BCUT2D eigenvalue weighted by molar-refractivity contribution is 0.384. The van der Waals surface area contributed by atoms with E-state index in [1.807, 2.05) is 32.0 Å². The molecule has 1 heterocycles. The molecule has 0 fully saturated rings. The highest BCUT2D eigenvalue weighted by Crippen LogP contribution is 2.21. The highest BCUT2D eigenvalue weighted by atomic mass is 16.5. The van der Waals surface area contributed by atoms with E-state index < -0.39 is 0 Å². The molecule has 3 nitrogen and oxygen atoms in total. The molecule has 0 saturated heterocycles. The Morgan fingerprint density at radius 1 is 1.50 bits per heavy atom. The summed E-state index contributed by atoms with van der Waals surface area (Å²) in [5.74, 6) is 0.888. The number of benzene rings is 1. The third kappa shape index (κ3) is 1.51. The van der Waals surface area contributed by atoms with Crippen molar-refractivity contribution in [1.82, 2.24) is 5.16 Å². The van der Waals surface area contributed by atoms with Gasteiger partial charge in [0.15, 0.2) is 0 Å². The molecule has 0 spiro atoms. The summed E-state index contributed by atoms with van der Waals surface area (Å²) < 4.78 is 5.28. The van der Waals surface area contributed by atoms with E-state index in [1.54, 1.807) is 0 Å². The van der Waals surface area contributed by atoms with Crippen molar-refractivity contribution in [3.63, 3.8) is 0 Å². The van der Waals surface area contributed by atoms with E-state index in [1.165, 1.54) is 0 Å². The summed E-state index contributed by atoms with van der Waals surface area (Å²) in [5, 5.41) is 5.13. The molecule has 2 N–H and O–H groups in total. The SMILES string of the molecule is Cc1cccc2c(CC(C)N)onc12. The molecular formula is C11H14N2O. The van der Waals surface area contributed by atoms with Crippen LogP contribution < -0.4 is 5.73 Å². The first-order valence-electron chi connectivity index (χ1n) is 4.78. The van der Waals surface area contributed by atoms with Crippen molar-refractivity contribution in [3.05, 3.63) is 29.5 Å². The third-order valence-corrected chi connectivity index (χ3v) is 2.29. The molecule has 0 saturated carbocycles. The van der Waals surface area contributed by atoms with Crippen LogP contribution in [-0.4, -0.2) is 11.2 Å². The van der Waals surface area contributed by atoms with Gasteiger partial charge in [0.05, 0.1) is 0 Å². The number of hydrogen-bond donors (Lipinski definition) is 1. The Hall–Kier alpha value is -1.35. The Labute approximate surface area is 82.9 Å². The molecule has 0 aliphatic heterocycles. The van der Waals surface area contributed by atoms with Gasteiger partial charge in [-0.3, -0.25) is 0 Å². The molecule has 0 aliphatic rings. The normalized spacial score (nSPS) is 13.4. The fourth-order valence-electron chi connectivity index (χ4n) is 1.59. The van der Waals surface area contributed by atoms with E-state index in [9.17, 15) is 0 Å². The van der Waals surface area contributed by atoms with Crippen LogP contribution in [-0.2, 0) is 6.42 Å². The second-order valence-electron chi connectivity index (χ2n) is 3.76. The third-order valence-electron chi connectivity index (χ3n) is 2.29. The number of hydrogen-bond acceptors (Lipinski definition) is 3. The highest BCUT2D eigenvalue weighted by molar-refractivity contribution is 5.83. The Morgan fingerprint density at radius 2 is 2.29 bits per heavy atom. The minimum Gasteiger partial charge on any atom is -0.360 e. The Kier molecular flexibility index (Phi) is 2.25. The van der Waals surface area contributed by atoms with E-state index >= 15 is 0 Å². The van der Waals surface area contributed by atoms with Crippen LogP contribution in [0.15, 0.2) is 22.7 Å². The van der Waals surface area contributed by atoms with Gasteiger partial charge in [0.25, 0.3) is 0 Å². The van der Waals surface area contributed by atoms with Crippen molar-refractivity contribution >= 4 is 10.9 Å². The van der Waals surface area contributed by atoms with Gasteiger partial charge in [-0.1, -0.05) is 17.3 Å². The van der Waals surface area contributed by atoms with E-state index in [0.717, 1.165) is 28.6 Å². The second-order valence-corrected chi connectivity index (χ2v) is 3.76. The molecule has 14 heavy (non-hydrogen) atoms. The largest absolute Gasteiger partial charge is 0.360 e. The van der Waals surface area contributed by atoms with Crippen LogP contribution in [0.3, 0.4) is 0 Å². The minimum absolute atomic E-state index is 0.103. The Bertz CT molecular complexity index is 445. The summed E-state index contributed by atoms with van der Waals surface area (Å²) in [6.07, 6.45) is 0.736. The zero-order valence-electron chi connectivity index (χ0n) is 8.45. The van der Waals surface area contributed by atoms with E-state index in [0.29, 0.717) is 0 Å². The van der Waals surface area contributed by atoms with Gasteiger partial charge in [-0.05, 0) is 25.5 Å². The van der Waals surface area contributed by atoms with Crippen LogP contribution in [0.25, 0.3) is 10.9 Å². The van der Waals surface area contributed by atoms with Crippen LogP contribution in [0.2, 0.25) is 0 Å². The van der Waals surface area contributed by atoms with E-state index in [-0.39, 0.29) is 6.04 Å². The summed E-state index contributed by atoms with van der Waals surface area (Å²) >= 11 is 0. The van der Waals surface area contributed by atoms with Crippen LogP contribution in [0.4, 0.5) is 0 Å². The maximum atomic E-state index is 5.72. The van der Waals surface area contributed by atoms with Gasteiger partial charge in [-0.2, -0.15) is 0 Å². The average molecular weight is 190 g/mol. The number of aryl methyl sites for hydroxylation is 1. The smallest absolute Gasteiger partial charge is 0.146 e. The molecule has 2 aromatic rings. The molecular weight excluding hydrogens is 176 g/mol. The Balaban J connectivity index is 2.52. The van der Waals surface area contributed by atoms with Gasteiger partial charge in [0.2, 0.25) is 0 Å². The predicted molar refractivity (Wildman–Crippen MR) is 56.1 cm³/mol. The lowest BCUT2D eigenvalue weighted by Gasteiger charge is -2.00. The molecule has 0 aliphatic carbocycles. The van der Waals surface area contributed by atoms with Gasteiger partial charge in [-0.15, -0.1) is 0 Å². The second kappa shape index (κ2) is 3.42. The average Bonchev–Trinajstić information content (AvgIpc) is 2.49. The number of fused-ring (bicyclic) bond motifs is 1. The minimum atomic E-state index is 0.103.